The van der Waals surface area contributed by atoms with Crippen LogP contribution in [0, 0.1) is 10.1 Å². The molecule has 0 N–H and O–H groups in total. The van der Waals surface area contributed by atoms with E-state index in [4.69, 9.17) is 16.0 Å². The van der Waals surface area contributed by atoms with Gasteiger partial charge in [-0.15, -0.1) is 0 Å². The molecule has 0 aliphatic carbocycles. The molecule has 0 bridgehead atoms. The summed E-state index contributed by atoms with van der Waals surface area (Å²) >= 11 is 5.72. The van der Waals surface area contributed by atoms with Crippen LogP contribution in [0.25, 0.3) is 11.2 Å². The average molecular weight is 269 g/mol. The molecular formula is C10H9ClN4O3. The van der Waals surface area contributed by atoms with Gasteiger partial charge in [0.2, 0.25) is 10.8 Å². The Morgan fingerprint density at radius 1 is 1.39 bits per heavy atom. The zero-order chi connectivity index (χ0) is 12.7. The smallest absolute Gasteiger partial charge is 0.310 e. The van der Waals surface area contributed by atoms with Gasteiger partial charge in [-0.3, -0.25) is 10.1 Å². The number of halogens is 1. The first-order chi connectivity index (χ1) is 8.65. The van der Waals surface area contributed by atoms with Crippen LogP contribution < -0.4 is 4.90 Å². The van der Waals surface area contributed by atoms with Gasteiger partial charge in [-0.2, -0.15) is 4.98 Å². The maximum Gasteiger partial charge on any atom is 0.310 e. The molecule has 94 valence electrons. The van der Waals surface area contributed by atoms with E-state index in [0.29, 0.717) is 11.7 Å². The van der Waals surface area contributed by atoms with Gasteiger partial charge >= 0.3 is 5.69 Å². The molecular weight excluding hydrogens is 260 g/mol. The Morgan fingerprint density at radius 2 is 2.11 bits per heavy atom. The van der Waals surface area contributed by atoms with Crippen molar-refractivity contribution in [3.05, 3.63) is 21.3 Å². The first-order valence-corrected chi connectivity index (χ1v) is 5.89. The van der Waals surface area contributed by atoms with E-state index in [1.807, 2.05) is 4.90 Å². The Balaban J connectivity index is 2.08. The van der Waals surface area contributed by atoms with Crippen LogP contribution >= 0.6 is 11.6 Å². The molecule has 0 atom stereocenters. The molecule has 1 aliphatic heterocycles. The van der Waals surface area contributed by atoms with Crippen LogP contribution in [0.5, 0.6) is 0 Å². The molecule has 0 amide bonds. The number of hydrogen-bond acceptors (Lipinski definition) is 6. The Hall–Kier alpha value is -1.89. The quantitative estimate of drug-likeness (QED) is 0.472. The number of rotatable bonds is 2. The predicted molar refractivity (Wildman–Crippen MR) is 64.9 cm³/mol. The minimum atomic E-state index is -0.590. The summed E-state index contributed by atoms with van der Waals surface area (Å²) < 4.78 is 5.49. The number of hydrogen-bond donors (Lipinski definition) is 0. The summed E-state index contributed by atoms with van der Waals surface area (Å²) in [4.78, 5) is 20.2. The van der Waals surface area contributed by atoms with Crippen LogP contribution in [0.4, 0.5) is 11.7 Å². The second kappa shape index (κ2) is 4.09. The Kier molecular flexibility index (Phi) is 2.55. The Bertz CT molecular complexity index is 621. The summed E-state index contributed by atoms with van der Waals surface area (Å²) in [5, 5.41) is 10.6. The third-order valence-electron chi connectivity index (χ3n) is 2.88. The average Bonchev–Trinajstić information content (AvgIpc) is 2.95. The number of aromatic nitrogens is 2. The molecule has 3 heterocycles. The predicted octanol–water partition coefficient (Wildman–Crippen LogP) is 2.38. The largest absolute Gasteiger partial charge is 0.421 e. The lowest BCUT2D eigenvalue weighted by Gasteiger charge is -2.09. The van der Waals surface area contributed by atoms with Gasteiger partial charge in [0.1, 0.15) is 0 Å². The molecule has 1 saturated heterocycles. The van der Waals surface area contributed by atoms with Crippen molar-refractivity contribution in [1.82, 2.24) is 9.97 Å². The highest BCUT2D eigenvalue weighted by Gasteiger charge is 2.22. The molecule has 0 radical (unpaired) electrons. The molecule has 0 unspecified atom stereocenters. The summed E-state index contributed by atoms with van der Waals surface area (Å²) in [7, 11) is 0. The van der Waals surface area contributed by atoms with Crippen LogP contribution in [0.1, 0.15) is 12.8 Å². The van der Waals surface area contributed by atoms with Crippen molar-refractivity contribution >= 4 is 34.5 Å². The lowest BCUT2D eigenvalue weighted by atomic mass is 10.4. The highest BCUT2D eigenvalue weighted by molar-refractivity contribution is 6.31. The SMILES string of the molecule is O=[N+]([O-])c1cc2oc(N3CCCC3)nc2nc1Cl. The van der Waals surface area contributed by atoms with Gasteiger partial charge in [-0.25, -0.2) is 4.98 Å². The molecule has 0 saturated carbocycles. The fourth-order valence-corrected chi connectivity index (χ4v) is 2.20. The summed E-state index contributed by atoms with van der Waals surface area (Å²) in [5.41, 5.74) is 0.314. The van der Waals surface area contributed by atoms with Crippen molar-refractivity contribution in [2.24, 2.45) is 0 Å². The number of fused-ring (bicyclic) bond motifs is 1. The first kappa shape index (κ1) is 11.2. The van der Waals surface area contributed by atoms with E-state index in [1.54, 1.807) is 0 Å². The zero-order valence-electron chi connectivity index (χ0n) is 9.30. The summed E-state index contributed by atoms with van der Waals surface area (Å²) in [6.07, 6.45) is 2.18. The van der Waals surface area contributed by atoms with Gasteiger partial charge in [-0.05, 0) is 12.8 Å². The molecule has 2 aromatic rings. The molecule has 18 heavy (non-hydrogen) atoms. The Morgan fingerprint density at radius 3 is 2.78 bits per heavy atom. The van der Waals surface area contributed by atoms with E-state index >= 15 is 0 Å². The van der Waals surface area contributed by atoms with E-state index in [1.165, 1.54) is 6.07 Å². The van der Waals surface area contributed by atoms with Crippen LogP contribution in [0.15, 0.2) is 10.5 Å². The van der Waals surface area contributed by atoms with Crippen molar-refractivity contribution in [2.45, 2.75) is 12.8 Å². The monoisotopic (exact) mass is 268 g/mol. The zero-order valence-corrected chi connectivity index (χ0v) is 10.1. The minimum Gasteiger partial charge on any atom is -0.421 e. The lowest BCUT2D eigenvalue weighted by Crippen LogP contribution is -2.17. The number of anilines is 1. The second-order valence-electron chi connectivity index (χ2n) is 4.07. The molecule has 1 fully saturated rings. The van der Waals surface area contributed by atoms with Crippen LogP contribution in [0.2, 0.25) is 5.15 Å². The number of nitrogens with zero attached hydrogens (tertiary/aromatic N) is 4. The summed E-state index contributed by atoms with van der Waals surface area (Å²) in [6.45, 7) is 1.76. The normalized spacial score (nSPS) is 15.5. The van der Waals surface area contributed by atoms with Crippen molar-refractivity contribution < 1.29 is 9.34 Å². The van der Waals surface area contributed by atoms with Gasteiger partial charge in [0.25, 0.3) is 6.01 Å². The molecule has 1 aliphatic rings. The van der Waals surface area contributed by atoms with E-state index in [9.17, 15) is 10.1 Å². The van der Waals surface area contributed by atoms with Gasteiger partial charge in [0.15, 0.2) is 5.58 Å². The molecule has 0 aromatic carbocycles. The van der Waals surface area contributed by atoms with E-state index in [2.05, 4.69) is 9.97 Å². The maximum absolute atomic E-state index is 10.7. The van der Waals surface area contributed by atoms with Crippen molar-refractivity contribution in [3.63, 3.8) is 0 Å². The first-order valence-electron chi connectivity index (χ1n) is 5.51. The van der Waals surface area contributed by atoms with Gasteiger partial charge in [0.05, 0.1) is 11.0 Å². The van der Waals surface area contributed by atoms with Crippen molar-refractivity contribution in [1.29, 1.82) is 0 Å². The lowest BCUT2D eigenvalue weighted by molar-refractivity contribution is -0.384. The molecule has 2 aromatic heterocycles. The maximum atomic E-state index is 10.7. The van der Waals surface area contributed by atoms with Crippen LogP contribution in [-0.2, 0) is 0 Å². The fraction of sp³-hybridized carbons (Fsp3) is 0.400. The third kappa shape index (κ3) is 1.76. The third-order valence-corrected chi connectivity index (χ3v) is 3.16. The fourth-order valence-electron chi connectivity index (χ4n) is 1.99. The second-order valence-corrected chi connectivity index (χ2v) is 4.43. The highest BCUT2D eigenvalue weighted by Crippen LogP contribution is 2.30. The topological polar surface area (TPSA) is 85.3 Å². The van der Waals surface area contributed by atoms with Gasteiger partial charge in [-0.1, -0.05) is 11.6 Å². The number of nitro groups is 1. The highest BCUT2D eigenvalue weighted by atomic mass is 35.5. The van der Waals surface area contributed by atoms with Gasteiger partial charge in [0, 0.05) is 13.1 Å². The number of oxazole rings is 1. The van der Waals surface area contributed by atoms with Crippen molar-refractivity contribution in [2.75, 3.05) is 18.0 Å². The minimum absolute atomic E-state index is 0.172. The molecule has 7 nitrogen and oxygen atoms in total. The summed E-state index contributed by atoms with van der Waals surface area (Å²) in [5.74, 6) is 0. The van der Waals surface area contributed by atoms with Crippen molar-refractivity contribution in [3.8, 4) is 0 Å². The number of pyridine rings is 1. The van der Waals surface area contributed by atoms with Gasteiger partial charge < -0.3 is 9.32 Å². The van der Waals surface area contributed by atoms with Crippen LogP contribution in [0.3, 0.4) is 0 Å². The molecule has 8 heteroatoms. The van der Waals surface area contributed by atoms with Crippen LogP contribution in [-0.4, -0.2) is 28.0 Å². The molecule has 0 spiro atoms. The standard InChI is InChI=1S/C10H9ClN4O3/c11-8-6(15(16)17)5-7-9(12-8)13-10(18-7)14-3-1-2-4-14/h5H,1-4H2. The van der Waals surface area contributed by atoms with E-state index in [0.717, 1.165) is 25.9 Å². The van der Waals surface area contributed by atoms with E-state index in [-0.39, 0.29) is 16.4 Å². The van der Waals surface area contributed by atoms with E-state index < -0.39 is 4.92 Å². The summed E-state index contributed by atoms with van der Waals surface area (Å²) in [6, 6.07) is 1.71. The molecule has 3 rings (SSSR count). The Labute approximate surface area is 107 Å².